The maximum atomic E-state index is 12.9. The molecule has 39 heavy (non-hydrogen) atoms. The maximum Gasteiger partial charge on any atom is 0.338 e. The van der Waals surface area contributed by atoms with E-state index < -0.39 is 5.97 Å². The molecule has 3 aromatic carbocycles. The summed E-state index contributed by atoms with van der Waals surface area (Å²) in [5, 5.41) is 2.91. The van der Waals surface area contributed by atoms with Crippen molar-refractivity contribution in [2.24, 2.45) is 0 Å². The van der Waals surface area contributed by atoms with Gasteiger partial charge >= 0.3 is 12.0 Å². The first-order valence-electron chi connectivity index (χ1n) is 13.3. The van der Waals surface area contributed by atoms with Crippen LogP contribution in [0, 0.1) is 6.92 Å². The number of hydrogen-bond donors (Lipinski definition) is 1. The van der Waals surface area contributed by atoms with Crippen LogP contribution in [0.25, 0.3) is 0 Å². The van der Waals surface area contributed by atoms with Crippen molar-refractivity contribution in [2.75, 3.05) is 51.8 Å². The second-order valence-corrected chi connectivity index (χ2v) is 9.58. The Bertz CT molecular complexity index is 1240. The van der Waals surface area contributed by atoms with Gasteiger partial charge in [0.2, 0.25) is 0 Å². The van der Waals surface area contributed by atoms with Crippen molar-refractivity contribution < 1.29 is 23.8 Å². The molecule has 4 rings (SSSR count). The Morgan fingerprint density at radius 1 is 0.949 bits per heavy atom. The lowest BCUT2D eigenvalue weighted by Gasteiger charge is -2.36. The average molecular weight is 532 g/mol. The molecule has 0 bridgehead atoms. The molecular weight excluding hydrogens is 494 g/mol. The summed E-state index contributed by atoms with van der Waals surface area (Å²) < 4.78 is 16.9. The number of ether oxygens (including phenoxy) is 3. The zero-order chi connectivity index (χ0) is 27.6. The normalized spacial score (nSPS) is 14.5. The van der Waals surface area contributed by atoms with Crippen LogP contribution < -0.4 is 10.1 Å². The van der Waals surface area contributed by atoms with Crippen LogP contribution in [0.2, 0.25) is 0 Å². The van der Waals surface area contributed by atoms with Crippen molar-refractivity contribution in [3.05, 3.63) is 95.1 Å². The minimum Gasteiger partial charge on any atom is -0.497 e. The lowest BCUT2D eigenvalue weighted by molar-refractivity contribution is 0.00584. The van der Waals surface area contributed by atoms with Crippen molar-refractivity contribution >= 4 is 17.7 Å². The molecule has 0 aromatic heterocycles. The van der Waals surface area contributed by atoms with Gasteiger partial charge in [0.25, 0.3) is 0 Å². The van der Waals surface area contributed by atoms with Crippen molar-refractivity contribution in [1.29, 1.82) is 0 Å². The van der Waals surface area contributed by atoms with E-state index in [4.69, 9.17) is 14.2 Å². The van der Waals surface area contributed by atoms with Crippen LogP contribution in [0.5, 0.6) is 5.75 Å². The third kappa shape index (κ3) is 8.05. The van der Waals surface area contributed by atoms with Gasteiger partial charge in [-0.2, -0.15) is 0 Å². The van der Waals surface area contributed by atoms with E-state index in [9.17, 15) is 9.59 Å². The summed E-state index contributed by atoms with van der Waals surface area (Å²) in [4.78, 5) is 29.1. The molecule has 1 saturated heterocycles. The van der Waals surface area contributed by atoms with Crippen LogP contribution in [0.15, 0.2) is 72.8 Å². The molecule has 1 aliphatic rings. The Morgan fingerprint density at radius 3 is 2.41 bits per heavy atom. The zero-order valence-electron chi connectivity index (χ0n) is 22.9. The molecule has 1 N–H and O–H groups in total. The first-order chi connectivity index (χ1) is 18.9. The highest BCUT2D eigenvalue weighted by Crippen LogP contribution is 2.25. The summed E-state index contributed by atoms with van der Waals surface area (Å²) in [7, 11) is 1.67. The van der Waals surface area contributed by atoms with E-state index in [1.807, 2.05) is 18.2 Å². The standard InChI is InChI=1S/C31H37N3O5/c1-4-38-30(35)26-8-5-9-27(19-26)32-31(36)34-17-15-33(16-18-34)21-29(25-7-6-10-28(20-25)37-3)39-22-24-13-11-23(2)12-14-24/h5-14,19-20,29H,4,15-18,21-22H2,1-3H3,(H,32,36)/t29-/m1/s1. The van der Waals surface area contributed by atoms with Gasteiger partial charge in [-0.05, 0) is 55.3 Å². The number of methoxy groups -OCH3 is 1. The van der Waals surface area contributed by atoms with E-state index in [-0.39, 0.29) is 12.1 Å². The molecule has 0 radical (unpaired) electrons. The number of hydrogen-bond acceptors (Lipinski definition) is 6. The Hall–Kier alpha value is -3.88. The molecule has 2 amide bonds. The third-order valence-corrected chi connectivity index (χ3v) is 6.75. The van der Waals surface area contributed by atoms with Gasteiger partial charge in [-0.3, -0.25) is 4.90 Å². The molecule has 1 atom stereocenters. The Balaban J connectivity index is 1.35. The summed E-state index contributed by atoms with van der Waals surface area (Å²) in [6, 6.07) is 23.0. The van der Waals surface area contributed by atoms with E-state index >= 15 is 0 Å². The summed E-state index contributed by atoms with van der Waals surface area (Å²) in [6.45, 7) is 7.98. The molecule has 0 aliphatic carbocycles. The van der Waals surface area contributed by atoms with Gasteiger partial charge in [-0.15, -0.1) is 0 Å². The predicted molar refractivity (Wildman–Crippen MR) is 151 cm³/mol. The maximum absolute atomic E-state index is 12.9. The number of anilines is 1. The smallest absolute Gasteiger partial charge is 0.338 e. The van der Waals surface area contributed by atoms with Gasteiger partial charge in [0, 0.05) is 38.4 Å². The molecular formula is C31H37N3O5. The topological polar surface area (TPSA) is 80.3 Å². The quantitative estimate of drug-likeness (QED) is 0.358. The van der Waals surface area contributed by atoms with E-state index in [0.29, 0.717) is 44.1 Å². The monoisotopic (exact) mass is 531 g/mol. The molecule has 0 spiro atoms. The highest BCUT2D eigenvalue weighted by atomic mass is 16.5. The lowest BCUT2D eigenvalue weighted by atomic mass is 10.1. The van der Waals surface area contributed by atoms with Gasteiger partial charge in [0.05, 0.1) is 32.0 Å². The molecule has 0 unspecified atom stereocenters. The number of nitrogens with zero attached hydrogens (tertiary/aromatic N) is 2. The molecule has 3 aromatic rings. The number of rotatable bonds is 10. The van der Waals surface area contributed by atoms with Crippen molar-refractivity contribution in [3.63, 3.8) is 0 Å². The predicted octanol–water partition coefficient (Wildman–Crippen LogP) is 5.29. The number of benzene rings is 3. The number of amides is 2. The number of esters is 1. The molecule has 1 aliphatic heterocycles. The first-order valence-corrected chi connectivity index (χ1v) is 13.3. The summed E-state index contributed by atoms with van der Waals surface area (Å²) in [6.07, 6.45) is -0.146. The molecule has 8 nitrogen and oxygen atoms in total. The summed E-state index contributed by atoms with van der Waals surface area (Å²) in [5.41, 5.74) is 4.38. The van der Waals surface area contributed by atoms with Crippen molar-refractivity contribution in [3.8, 4) is 5.75 Å². The third-order valence-electron chi connectivity index (χ3n) is 6.75. The Morgan fingerprint density at radius 2 is 1.69 bits per heavy atom. The SMILES string of the molecule is CCOC(=O)c1cccc(NC(=O)N2CCN(C[C@@H](OCc3ccc(C)cc3)c3cccc(OC)c3)CC2)c1. The van der Waals surface area contributed by atoms with Gasteiger partial charge in [-0.25, -0.2) is 9.59 Å². The van der Waals surface area contributed by atoms with E-state index in [2.05, 4.69) is 47.5 Å². The highest BCUT2D eigenvalue weighted by molar-refractivity contribution is 5.94. The van der Waals surface area contributed by atoms with Gasteiger partial charge in [0.15, 0.2) is 0 Å². The average Bonchev–Trinajstić information content (AvgIpc) is 2.96. The molecule has 0 saturated carbocycles. The Kier molecular flexibility index (Phi) is 9.94. The minimum absolute atomic E-state index is 0.146. The van der Waals surface area contributed by atoms with Gasteiger partial charge in [0.1, 0.15) is 5.75 Å². The van der Waals surface area contributed by atoms with Crippen LogP contribution in [0.4, 0.5) is 10.5 Å². The summed E-state index contributed by atoms with van der Waals surface area (Å²) >= 11 is 0. The zero-order valence-corrected chi connectivity index (χ0v) is 22.9. The van der Waals surface area contributed by atoms with Crippen LogP contribution >= 0.6 is 0 Å². The summed E-state index contributed by atoms with van der Waals surface area (Å²) in [5.74, 6) is 0.391. The first kappa shape index (κ1) is 28.1. The van der Waals surface area contributed by atoms with Crippen LogP contribution in [0.3, 0.4) is 0 Å². The second-order valence-electron chi connectivity index (χ2n) is 9.58. The van der Waals surface area contributed by atoms with E-state index in [1.54, 1.807) is 43.2 Å². The molecule has 8 heteroatoms. The fourth-order valence-electron chi connectivity index (χ4n) is 4.49. The highest BCUT2D eigenvalue weighted by Gasteiger charge is 2.25. The molecule has 1 heterocycles. The fourth-order valence-corrected chi connectivity index (χ4v) is 4.49. The van der Waals surface area contributed by atoms with Crippen LogP contribution in [-0.2, 0) is 16.1 Å². The molecule has 206 valence electrons. The second kappa shape index (κ2) is 13.8. The van der Waals surface area contributed by atoms with Crippen molar-refractivity contribution in [2.45, 2.75) is 26.6 Å². The number of urea groups is 1. The number of aryl methyl sites for hydroxylation is 1. The number of nitrogens with one attached hydrogen (secondary N) is 1. The number of carbonyl (C=O) groups is 2. The van der Waals surface area contributed by atoms with Crippen LogP contribution in [-0.4, -0.2) is 68.2 Å². The molecule has 1 fully saturated rings. The van der Waals surface area contributed by atoms with Gasteiger partial charge < -0.3 is 24.4 Å². The fraction of sp³-hybridized carbons (Fsp3) is 0.355. The van der Waals surface area contributed by atoms with Crippen LogP contribution in [0.1, 0.15) is 40.1 Å². The number of carbonyl (C=O) groups excluding carboxylic acids is 2. The largest absolute Gasteiger partial charge is 0.497 e. The number of piperazine rings is 1. The van der Waals surface area contributed by atoms with Gasteiger partial charge in [-0.1, -0.05) is 48.0 Å². The lowest BCUT2D eigenvalue weighted by Crippen LogP contribution is -2.50. The Labute approximate surface area is 230 Å². The van der Waals surface area contributed by atoms with E-state index in [1.165, 1.54) is 5.56 Å². The van der Waals surface area contributed by atoms with Crippen molar-refractivity contribution in [1.82, 2.24) is 9.80 Å². The van der Waals surface area contributed by atoms with E-state index in [0.717, 1.165) is 30.0 Å². The minimum atomic E-state index is -0.405.